The number of pyridine rings is 1. The third kappa shape index (κ3) is 4.49. The summed E-state index contributed by atoms with van der Waals surface area (Å²) in [5.41, 5.74) is -1.65. The summed E-state index contributed by atoms with van der Waals surface area (Å²) in [5.74, 6) is 0. The van der Waals surface area contributed by atoms with E-state index < -0.39 is 34.2 Å². The fraction of sp³-hybridized carbons (Fsp3) is 0.375. The first kappa shape index (κ1) is 14.2. The van der Waals surface area contributed by atoms with Gasteiger partial charge < -0.3 is 0 Å². The van der Waals surface area contributed by atoms with E-state index in [4.69, 9.17) is 11.6 Å². The highest BCUT2D eigenvalue weighted by Crippen LogP contribution is 2.31. The summed E-state index contributed by atoms with van der Waals surface area (Å²) in [6.07, 6.45) is -3.98. The molecule has 0 amide bonds. The van der Waals surface area contributed by atoms with Gasteiger partial charge in [0.25, 0.3) is 10.1 Å². The normalized spacial score (nSPS) is 12.8. The minimum absolute atomic E-state index is 0.333. The largest absolute Gasteiger partial charge is 0.433 e. The van der Waals surface area contributed by atoms with Crippen LogP contribution in [0, 0.1) is 0 Å². The highest BCUT2D eigenvalue weighted by molar-refractivity contribution is 7.85. The lowest BCUT2D eigenvalue weighted by molar-refractivity contribution is -0.142. The molecule has 0 fully saturated rings. The van der Waals surface area contributed by atoms with Gasteiger partial charge in [0.05, 0.1) is 12.9 Å². The Balaban J connectivity index is 3.07. The molecule has 0 aromatic carbocycles. The Morgan fingerprint density at radius 2 is 2.00 bits per heavy atom. The van der Waals surface area contributed by atoms with Crippen LogP contribution in [0.1, 0.15) is 11.3 Å². The van der Waals surface area contributed by atoms with E-state index in [9.17, 15) is 21.6 Å². The molecule has 0 bridgehead atoms. The number of nitrogens with zero attached hydrogens (tertiary/aromatic N) is 1. The fourth-order valence-electron chi connectivity index (χ4n) is 0.997. The summed E-state index contributed by atoms with van der Waals surface area (Å²) in [6.45, 7) is -0.738. The predicted octanol–water partition coefficient (Wildman–Crippen LogP) is 2.23. The molecule has 9 heteroatoms. The van der Waals surface area contributed by atoms with Crippen molar-refractivity contribution in [2.75, 3.05) is 6.26 Å². The average Bonchev–Trinajstić information content (AvgIpc) is 2.13. The third-order valence-corrected chi connectivity index (χ3v) is 2.40. The highest BCUT2D eigenvalue weighted by Gasteiger charge is 2.35. The molecule has 1 aromatic rings. The molecule has 0 radical (unpaired) electrons. The van der Waals surface area contributed by atoms with Gasteiger partial charge in [0.15, 0.2) is 5.69 Å². The van der Waals surface area contributed by atoms with Crippen molar-refractivity contribution >= 4 is 21.7 Å². The molecule has 0 aliphatic heterocycles. The quantitative estimate of drug-likeness (QED) is 0.632. The molecule has 4 nitrogen and oxygen atoms in total. The second-order valence-corrected chi connectivity index (χ2v) is 5.14. The van der Waals surface area contributed by atoms with Gasteiger partial charge >= 0.3 is 6.18 Å². The van der Waals surface area contributed by atoms with Gasteiger partial charge in [0, 0.05) is 5.56 Å². The SMILES string of the molecule is CS(=O)(=O)OCc1ccc(Cl)nc1C(F)(F)F. The number of hydrogen-bond acceptors (Lipinski definition) is 4. The topological polar surface area (TPSA) is 56.3 Å². The summed E-state index contributed by atoms with van der Waals surface area (Å²) >= 11 is 5.34. The second kappa shape index (κ2) is 4.79. The maximum atomic E-state index is 12.5. The average molecular weight is 290 g/mol. The van der Waals surface area contributed by atoms with Crippen molar-refractivity contribution in [2.24, 2.45) is 0 Å². The molecule has 1 heterocycles. The summed E-state index contributed by atoms with van der Waals surface area (Å²) in [5, 5.41) is -0.333. The zero-order chi connectivity index (χ0) is 13.3. The van der Waals surface area contributed by atoms with Crippen LogP contribution < -0.4 is 0 Å². The first-order valence-electron chi connectivity index (χ1n) is 4.16. The van der Waals surface area contributed by atoms with E-state index >= 15 is 0 Å². The van der Waals surface area contributed by atoms with E-state index in [1.807, 2.05) is 0 Å². The molecule has 0 atom stereocenters. The van der Waals surface area contributed by atoms with Gasteiger partial charge in [-0.2, -0.15) is 21.6 Å². The van der Waals surface area contributed by atoms with Crippen molar-refractivity contribution in [3.8, 4) is 0 Å². The third-order valence-electron chi connectivity index (χ3n) is 1.64. The first-order valence-corrected chi connectivity index (χ1v) is 6.36. The van der Waals surface area contributed by atoms with Crippen LogP contribution in [0.3, 0.4) is 0 Å². The Hall–Kier alpha value is -0.860. The first-order chi connectivity index (χ1) is 7.59. The minimum atomic E-state index is -4.72. The van der Waals surface area contributed by atoms with E-state index in [0.717, 1.165) is 18.4 Å². The van der Waals surface area contributed by atoms with Gasteiger partial charge in [-0.3, -0.25) is 4.18 Å². The molecule has 0 aliphatic rings. The minimum Gasteiger partial charge on any atom is -0.265 e. The zero-order valence-corrected chi connectivity index (χ0v) is 10.0. The van der Waals surface area contributed by atoms with E-state index in [1.54, 1.807) is 0 Å². The molecule has 17 heavy (non-hydrogen) atoms. The zero-order valence-electron chi connectivity index (χ0n) is 8.45. The van der Waals surface area contributed by atoms with Gasteiger partial charge in [0.2, 0.25) is 0 Å². The number of rotatable bonds is 3. The molecule has 0 N–H and O–H groups in total. The Morgan fingerprint density at radius 3 is 2.47 bits per heavy atom. The van der Waals surface area contributed by atoms with Crippen LogP contribution in [0.25, 0.3) is 0 Å². The maximum Gasteiger partial charge on any atom is 0.433 e. The van der Waals surface area contributed by atoms with Gasteiger partial charge in [-0.25, -0.2) is 4.98 Å². The van der Waals surface area contributed by atoms with Gasteiger partial charge in [-0.05, 0) is 6.07 Å². The molecule has 0 saturated heterocycles. The van der Waals surface area contributed by atoms with E-state index in [-0.39, 0.29) is 5.15 Å². The second-order valence-electron chi connectivity index (χ2n) is 3.11. The number of halogens is 4. The molecule has 96 valence electrons. The number of aromatic nitrogens is 1. The summed E-state index contributed by atoms with van der Waals surface area (Å²) < 4.78 is 63.2. The predicted molar refractivity (Wildman–Crippen MR) is 53.9 cm³/mol. The Bertz CT molecular complexity index is 515. The van der Waals surface area contributed by atoms with Crippen molar-refractivity contribution in [2.45, 2.75) is 12.8 Å². The lowest BCUT2D eigenvalue weighted by Gasteiger charge is -2.11. The Labute approximate surface area is 100 Å². The van der Waals surface area contributed by atoms with Crippen molar-refractivity contribution in [1.29, 1.82) is 0 Å². The highest BCUT2D eigenvalue weighted by atomic mass is 35.5. The van der Waals surface area contributed by atoms with Gasteiger partial charge in [-0.1, -0.05) is 17.7 Å². The van der Waals surface area contributed by atoms with Crippen LogP contribution in [0.4, 0.5) is 13.2 Å². The molecule has 0 unspecified atom stereocenters. The Morgan fingerprint density at radius 1 is 1.41 bits per heavy atom. The lowest BCUT2D eigenvalue weighted by Crippen LogP contribution is -2.14. The smallest absolute Gasteiger partial charge is 0.265 e. The van der Waals surface area contributed by atoms with Gasteiger partial charge in [-0.15, -0.1) is 0 Å². The monoisotopic (exact) mass is 289 g/mol. The lowest BCUT2D eigenvalue weighted by atomic mass is 10.2. The molecule has 0 spiro atoms. The van der Waals surface area contributed by atoms with E-state index in [1.165, 1.54) is 0 Å². The summed E-state index contributed by atoms with van der Waals surface area (Å²) in [4.78, 5) is 3.11. The molecular weight excluding hydrogens is 283 g/mol. The van der Waals surface area contributed by atoms with Gasteiger partial charge in [0.1, 0.15) is 5.15 Å². The summed E-state index contributed by atoms with van der Waals surface area (Å²) in [6, 6.07) is 2.14. The van der Waals surface area contributed by atoms with E-state index in [0.29, 0.717) is 0 Å². The summed E-state index contributed by atoms with van der Waals surface area (Å²) in [7, 11) is -3.82. The molecule has 0 saturated carbocycles. The van der Waals surface area contributed by atoms with E-state index in [2.05, 4.69) is 9.17 Å². The fourth-order valence-corrected chi connectivity index (χ4v) is 1.49. The van der Waals surface area contributed by atoms with Crippen molar-refractivity contribution in [3.63, 3.8) is 0 Å². The van der Waals surface area contributed by atoms with Crippen LogP contribution in [0.5, 0.6) is 0 Å². The van der Waals surface area contributed by atoms with Crippen LogP contribution in [0.2, 0.25) is 5.15 Å². The van der Waals surface area contributed by atoms with Crippen LogP contribution in [0.15, 0.2) is 12.1 Å². The number of hydrogen-bond donors (Lipinski definition) is 0. The molecule has 1 aromatic heterocycles. The van der Waals surface area contributed by atoms with Crippen molar-refractivity contribution in [3.05, 3.63) is 28.5 Å². The molecule has 0 aliphatic carbocycles. The molecule has 1 rings (SSSR count). The van der Waals surface area contributed by atoms with Crippen molar-refractivity contribution < 1.29 is 25.8 Å². The standard InChI is InChI=1S/C8H7ClF3NO3S/c1-17(14,15)16-4-5-2-3-6(9)13-7(5)8(10,11)12/h2-3H,4H2,1H3. The van der Waals surface area contributed by atoms with Crippen molar-refractivity contribution in [1.82, 2.24) is 4.98 Å². The van der Waals surface area contributed by atoms with Crippen LogP contribution in [-0.2, 0) is 27.1 Å². The molecular formula is C8H7ClF3NO3S. The van der Waals surface area contributed by atoms with Crippen LogP contribution in [-0.4, -0.2) is 19.7 Å². The van der Waals surface area contributed by atoms with Crippen LogP contribution >= 0.6 is 11.6 Å². The Kier molecular flexibility index (Phi) is 4.00. The maximum absolute atomic E-state index is 12.5. The number of alkyl halides is 3.